The molecule has 1 unspecified atom stereocenters. The minimum atomic E-state index is -3.01. The zero-order chi connectivity index (χ0) is 18.6. The molecule has 0 aliphatic carbocycles. The van der Waals surface area contributed by atoms with Crippen LogP contribution in [0.1, 0.15) is 25.8 Å². The number of hydrogen-bond donors (Lipinski definition) is 0. The van der Waals surface area contributed by atoms with Crippen LogP contribution in [0.3, 0.4) is 0 Å². The van der Waals surface area contributed by atoms with Gasteiger partial charge in [-0.1, -0.05) is 6.07 Å². The summed E-state index contributed by atoms with van der Waals surface area (Å²) in [7, 11) is 0.189. The highest BCUT2D eigenvalue weighted by atomic mass is 32.2. The van der Waals surface area contributed by atoms with E-state index in [9.17, 15) is 13.2 Å². The molecular formula is C18H25NO5S. The lowest BCUT2D eigenvalue weighted by atomic mass is 10.1. The quantitative estimate of drug-likeness (QED) is 0.720. The van der Waals surface area contributed by atoms with Gasteiger partial charge in [0.25, 0.3) is 0 Å². The van der Waals surface area contributed by atoms with Gasteiger partial charge in [-0.3, -0.25) is 4.79 Å². The first-order valence-corrected chi connectivity index (χ1v) is 10.0. The van der Waals surface area contributed by atoms with Gasteiger partial charge in [0.1, 0.15) is 0 Å². The fourth-order valence-electron chi connectivity index (χ4n) is 2.69. The Bertz CT molecular complexity index is 755. The first-order valence-electron chi connectivity index (χ1n) is 8.22. The molecule has 0 radical (unpaired) electrons. The lowest BCUT2D eigenvalue weighted by molar-refractivity contribution is -0.126. The lowest BCUT2D eigenvalue weighted by Gasteiger charge is -2.21. The first kappa shape index (κ1) is 19.3. The molecule has 1 heterocycles. The van der Waals surface area contributed by atoms with Gasteiger partial charge < -0.3 is 14.4 Å². The number of rotatable bonds is 6. The minimum Gasteiger partial charge on any atom is -0.493 e. The molecule has 1 aliphatic heterocycles. The summed E-state index contributed by atoms with van der Waals surface area (Å²) in [5.74, 6) is 1.21. The van der Waals surface area contributed by atoms with Crippen LogP contribution in [0.5, 0.6) is 11.5 Å². The molecule has 1 atom stereocenters. The number of hydrogen-bond acceptors (Lipinski definition) is 5. The van der Waals surface area contributed by atoms with Gasteiger partial charge in [-0.25, -0.2) is 8.42 Å². The summed E-state index contributed by atoms with van der Waals surface area (Å²) in [6, 6.07) is 5.18. The van der Waals surface area contributed by atoms with Crippen molar-refractivity contribution >= 4 is 21.8 Å². The Balaban J connectivity index is 2.06. The number of carbonyl (C=O) groups excluding carboxylic acids is 1. The number of ether oxygens (including phenoxy) is 2. The SMILES string of the molecule is COc1cc(/C=C/C(=O)N(C)C2CCS(=O)(=O)C2)ccc1OC(C)C. The van der Waals surface area contributed by atoms with Gasteiger partial charge in [0, 0.05) is 19.2 Å². The topological polar surface area (TPSA) is 72.9 Å². The maximum Gasteiger partial charge on any atom is 0.246 e. The largest absolute Gasteiger partial charge is 0.493 e. The van der Waals surface area contributed by atoms with Crippen LogP contribution >= 0.6 is 0 Å². The van der Waals surface area contributed by atoms with Crippen molar-refractivity contribution in [1.82, 2.24) is 4.90 Å². The molecule has 25 heavy (non-hydrogen) atoms. The maximum atomic E-state index is 12.3. The maximum absolute atomic E-state index is 12.3. The van der Waals surface area contributed by atoms with E-state index < -0.39 is 9.84 Å². The van der Waals surface area contributed by atoms with Crippen LogP contribution in [0.25, 0.3) is 6.08 Å². The number of nitrogens with zero attached hydrogens (tertiary/aromatic N) is 1. The van der Waals surface area contributed by atoms with Gasteiger partial charge in [0.2, 0.25) is 5.91 Å². The molecule has 1 fully saturated rings. The Morgan fingerprint density at radius 1 is 1.32 bits per heavy atom. The fraction of sp³-hybridized carbons (Fsp3) is 0.500. The predicted octanol–water partition coefficient (Wildman–Crippen LogP) is 2.14. The van der Waals surface area contributed by atoms with Crippen LogP contribution in [0, 0.1) is 0 Å². The average Bonchev–Trinajstić information content (AvgIpc) is 2.92. The van der Waals surface area contributed by atoms with Crippen LogP contribution in [0.4, 0.5) is 0 Å². The average molecular weight is 367 g/mol. The standard InChI is InChI=1S/C18H25NO5S/c1-13(2)24-16-7-5-14(11-17(16)23-4)6-8-18(20)19(3)15-9-10-25(21,22)12-15/h5-8,11,13,15H,9-10,12H2,1-4H3/b8-6+. The lowest BCUT2D eigenvalue weighted by Crippen LogP contribution is -2.36. The van der Waals surface area contributed by atoms with Crippen molar-refractivity contribution in [2.75, 3.05) is 25.7 Å². The summed E-state index contributed by atoms with van der Waals surface area (Å²) in [6.07, 6.45) is 3.66. The van der Waals surface area contributed by atoms with Crippen molar-refractivity contribution in [3.05, 3.63) is 29.8 Å². The highest BCUT2D eigenvalue weighted by molar-refractivity contribution is 7.91. The van der Waals surface area contributed by atoms with Crippen molar-refractivity contribution < 1.29 is 22.7 Å². The van der Waals surface area contributed by atoms with Crippen molar-refractivity contribution in [2.24, 2.45) is 0 Å². The van der Waals surface area contributed by atoms with Crippen molar-refractivity contribution in [1.29, 1.82) is 0 Å². The summed E-state index contributed by atoms with van der Waals surface area (Å²) in [4.78, 5) is 13.8. The molecule has 1 aromatic carbocycles. The second kappa shape index (κ2) is 7.91. The third-order valence-electron chi connectivity index (χ3n) is 4.07. The van der Waals surface area contributed by atoms with Crippen LogP contribution in [-0.4, -0.2) is 57.0 Å². The van der Waals surface area contributed by atoms with Crippen molar-refractivity contribution in [3.8, 4) is 11.5 Å². The number of carbonyl (C=O) groups is 1. The van der Waals surface area contributed by atoms with Crippen LogP contribution in [-0.2, 0) is 14.6 Å². The summed E-state index contributed by atoms with van der Waals surface area (Å²) < 4.78 is 34.1. The second-order valence-electron chi connectivity index (χ2n) is 6.42. The Labute approximate surface area is 149 Å². The third kappa shape index (κ3) is 5.22. The van der Waals surface area contributed by atoms with Crippen LogP contribution < -0.4 is 9.47 Å². The number of sulfone groups is 1. The predicted molar refractivity (Wildman–Crippen MR) is 97.6 cm³/mol. The van der Waals surface area contributed by atoms with Gasteiger partial charge in [-0.2, -0.15) is 0 Å². The molecule has 0 bridgehead atoms. The van der Waals surface area contributed by atoms with E-state index in [1.807, 2.05) is 19.9 Å². The molecule has 0 aromatic heterocycles. The minimum absolute atomic E-state index is 0.0354. The van der Waals surface area contributed by atoms with Gasteiger partial charge in [0.15, 0.2) is 21.3 Å². The smallest absolute Gasteiger partial charge is 0.246 e. The second-order valence-corrected chi connectivity index (χ2v) is 8.64. The third-order valence-corrected chi connectivity index (χ3v) is 5.82. The molecule has 1 aromatic rings. The van der Waals surface area contributed by atoms with E-state index in [1.165, 1.54) is 11.0 Å². The van der Waals surface area contributed by atoms with Gasteiger partial charge in [-0.15, -0.1) is 0 Å². The molecule has 0 N–H and O–H groups in total. The molecule has 0 saturated carbocycles. The van der Waals surface area contributed by atoms with Crippen molar-refractivity contribution in [3.63, 3.8) is 0 Å². The number of likely N-dealkylation sites (N-methyl/N-ethyl adjacent to an activating group) is 1. The van der Waals surface area contributed by atoms with E-state index in [1.54, 1.807) is 32.4 Å². The van der Waals surface area contributed by atoms with E-state index in [4.69, 9.17) is 9.47 Å². The van der Waals surface area contributed by atoms with E-state index in [0.29, 0.717) is 17.9 Å². The molecule has 7 heteroatoms. The van der Waals surface area contributed by atoms with Crippen molar-refractivity contribution in [2.45, 2.75) is 32.4 Å². The molecule has 138 valence electrons. The van der Waals surface area contributed by atoms with Gasteiger partial charge >= 0.3 is 0 Å². The molecular weight excluding hydrogens is 342 g/mol. The first-order chi connectivity index (χ1) is 11.7. The molecule has 1 amide bonds. The van der Waals surface area contributed by atoms with Crippen LogP contribution in [0.15, 0.2) is 24.3 Å². The van der Waals surface area contributed by atoms with E-state index >= 15 is 0 Å². The summed E-state index contributed by atoms with van der Waals surface area (Å²) in [5, 5.41) is 0. The van der Waals surface area contributed by atoms with E-state index in [0.717, 1.165) is 5.56 Å². The Kier molecular flexibility index (Phi) is 6.11. The number of benzene rings is 1. The molecule has 1 saturated heterocycles. The summed E-state index contributed by atoms with van der Waals surface area (Å²) in [5.41, 5.74) is 0.800. The van der Waals surface area contributed by atoms with Gasteiger partial charge in [0.05, 0.1) is 24.7 Å². The number of amides is 1. The highest BCUT2D eigenvalue weighted by Crippen LogP contribution is 2.29. The Hall–Kier alpha value is -2.02. The zero-order valence-corrected chi connectivity index (χ0v) is 15.9. The molecule has 2 rings (SSSR count). The summed E-state index contributed by atoms with van der Waals surface area (Å²) >= 11 is 0. The van der Waals surface area contributed by atoms with E-state index in [2.05, 4.69) is 0 Å². The molecule has 0 spiro atoms. The Morgan fingerprint density at radius 2 is 2.04 bits per heavy atom. The normalized spacial score (nSPS) is 19.3. The summed E-state index contributed by atoms with van der Waals surface area (Å²) in [6.45, 7) is 3.87. The highest BCUT2D eigenvalue weighted by Gasteiger charge is 2.32. The van der Waals surface area contributed by atoms with Gasteiger partial charge in [-0.05, 0) is 44.0 Å². The molecule has 1 aliphatic rings. The monoisotopic (exact) mass is 367 g/mol. The number of methoxy groups -OCH3 is 1. The molecule has 6 nitrogen and oxygen atoms in total. The van der Waals surface area contributed by atoms with E-state index in [-0.39, 0.29) is 29.6 Å². The Morgan fingerprint density at radius 3 is 2.60 bits per heavy atom. The zero-order valence-electron chi connectivity index (χ0n) is 15.1. The van der Waals surface area contributed by atoms with Crippen LogP contribution in [0.2, 0.25) is 0 Å². The fourth-order valence-corrected chi connectivity index (χ4v) is 4.46.